The second kappa shape index (κ2) is 17.2. The zero-order valence-corrected chi connectivity index (χ0v) is 36.5. The monoisotopic (exact) mass is 854 g/mol. The molecule has 0 saturated heterocycles. The van der Waals surface area contributed by atoms with Gasteiger partial charge < -0.3 is 0 Å². The van der Waals surface area contributed by atoms with E-state index in [-0.39, 0.29) is 0 Å². The second-order valence-electron chi connectivity index (χ2n) is 16.8. The predicted molar refractivity (Wildman–Crippen MR) is 277 cm³/mol. The molecule has 3 heterocycles. The van der Waals surface area contributed by atoms with Gasteiger partial charge in [0.25, 0.3) is 0 Å². The summed E-state index contributed by atoms with van der Waals surface area (Å²) in [4.78, 5) is 10.4. The third-order valence-electron chi connectivity index (χ3n) is 12.7. The van der Waals surface area contributed by atoms with Gasteiger partial charge in [-0.15, -0.1) is 0 Å². The molecule has 9 aromatic carbocycles. The third kappa shape index (κ3) is 7.47. The van der Waals surface area contributed by atoms with Crippen LogP contribution in [0.5, 0.6) is 0 Å². The molecular weight excluding hydrogens is 813 g/mol. The van der Waals surface area contributed by atoms with E-state index in [4.69, 9.17) is 15.1 Å². The fourth-order valence-corrected chi connectivity index (χ4v) is 9.41. The lowest BCUT2D eigenvalue weighted by Gasteiger charge is -2.18. The van der Waals surface area contributed by atoms with Gasteiger partial charge in [0.1, 0.15) is 5.69 Å². The van der Waals surface area contributed by atoms with Crippen molar-refractivity contribution in [3.05, 3.63) is 255 Å². The van der Waals surface area contributed by atoms with Crippen molar-refractivity contribution in [1.82, 2.24) is 19.6 Å². The number of pyridine rings is 1. The number of aromatic nitrogens is 4. The van der Waals surface area contributed by atoms with E-state index in [1.165, 1.54) is 16.5 Å². The summed E-state index contributed by atoms with van der Waals surface area (Å²) in [6, 6.07) is 89.8. The van der Waals surface area contributed by atoms with Crippen LogP contribution in [0.2, 0.25) is 0 Å². The van der Waals surface area contributed by atoms with Crippen LogP contribution in [0.4, 0.5) is 0 Å². The highest BCUT2D eigenvalue weighted by Gasteiger charge is 2.25. The highest BCUT2D eigenvalue weighted by Crippen LogP contribution is 2.46. The molecule has 0 fully saturated rings. The number of hydrogen-bond donors (Lipinski definition) is 0. The molecule has 0 N–H and O–H groups in total. The summed E-state index contributed by atoms with van der Waals surface area (Å²) < 4.78 is 2.20. The zero-order valence-electron chi connectivity index (χ0n) is 36.5. The van der Waals surface area contributed by atoms with Crippen LogP contribution in [-0.4, -0.2) is 19.6 Å². The van der Waals surface area contributed by atoms with Crippen LogP contribution in [0.3, 0.4) is 0 Å². The van der Waals surface area contributed by atoms with Crippen molar-refractivity contribution < 1.29 is 0 Å². The molecule has 0 spiro atoms. The van der Waals surface area contributed by atoms with Gasteiger partial charge in [-0.25, -0.2) is 14.5 Å². The van der Waals surface area contributed by atoms with E-state index in [2.05, 4.69) is 247 Å². The summed E-state index contributed by atoms with van der Waals surface area (Å²) in [5.41, 5.74) is 19.1. The number of fused-ring (bicyclic) bond motifs is 3. The molecule has 0 aliphatic heterocycles. The lowest BCUT2D eigenvalue weighted by molar-refractivity contribution is 0.981. The SMILES string of the molecule is c1ccc(-c2ccc(-c3cc(-c4ccccc4)nc(-c4cccc(-c5ccc(-c6c(-c7ccccc7)n7nc(-c8ccccc8)c(-c8ccccc8)c7c7ccccc67)cc5)c4)n3)cc2)cc1. The van der Waals surface area contributed by atoms with E-state index < -0.39 is 0 Å². The molecule has 4 nitrogen and oxygen atoms in total. The molecule has 0 aliphatic carbocycles. The Hall–Kier alpha value is -8.99. The van der Waals surface area contributed by atoms with Gasteiger partial charge in [0.05, 0.1) is 22.6 Å². The Morgan fingerprint density at radius 3 is 1.28 bits per heavy atom. The average molecular weight is 855 g/mol. The van der Waals surface area contributed by atoms with Crippen LogP contribution < -0.4 is 0 Å². The van der Waals surface area contributed by atoms with Crippen molar-refractivity contribution in [1.29, 1.82) is 0 Å². The maximum atomic E-state index is 5.55. The summed E-state index contributed by atoms with van der Waals surface area (Å²) in [5.74, 6) is 0.679. The molecule has 0 aliphatic rings. The Kier molecular flexibility index (Phi) is 10.2. The molecule has 0 saturated carbocycles. The summed E-state index contributed by atoms with van der Waals surface area (Å²) in [7, 11) is 0. The summed E-state index contributed by atoms with van der Waals surface area (Å²) in [6.07, 6.45) is 0. The molecule has 0 radical (unpaired) electrons. The number of nitrogens with zero attached hydrogens (tertiary/aromatic N) is 4. The van der Waals surface area contributed by atoms with Crippen LogP contribution in [0, 0.1) is 0 Å². The van der Waals surface area contributed by atoms with Gasteiger partial charge in [-0.05, 0) is 50.9 Å². The van der Waals surface area contributed by atoms with Gasteiger partial charge in [-0.3, -0.25) is 0 Å². The Labute approximate surface area is 389 Å². The molecule has 0 unspecified atom stereocenters. The van der Waals surface area contributed by atoms with Crippen LogP contribution in [0.15, 0.2) is 255 Å². The van der Waals surface area contributed by atoms with Crippen molar-refractivity contribution >= 4 is 16.3 Å². The molecule has 0 amide bonds. The minimum atomic E-state index is 0.679. The molecule has 3 aromatic heterocycles. The van der Waals surface area contributed by atoms with Gasteiger partial charge in [0.2, 0.25) is 0 Å². The number of rotatable bonds is 9. The molecule has 0 bridgehead atoms. The summed E-state index contributed by atoms with van der Waals surface area (Å²) >= 11 is 0. The summed E-state index contributed by atoms with van der Waals surface area (Å²) in [6.45, 7) is 0. The van der Waals surface area contributed by atoms with Crippen molar-refractivity contribution in [3.8, 4) is 101 Å². The second-order valence-corrected chi connectivity index (χ2v) is 16.8. The van der Waals surface area contributed by atoms with E-state index in [0.29, 0.717) is 5.82 Å². The Morgan fingerprint density at radius 1 is 0.269 bits per heavy atom. The topological polar surface area (TPSA) is 43.1 Å². The first-order valence-corrected chi connectivity index (χ1v) is 22.7. The van der Waals surface area contributed by atoms with Gasteiger partial charge in [0.15, 0.2) is 5.82 Å². The molecular formula is C63H42N4. The summed E-state index contributed by atoms with van der Waals surface area (Å²) in [5, 5.41) is 7.86. The standard InChI is InChI=1S/C63H42N4/c1-6-19-43(20-7-1)44-33-37-47(38-34-44)57-42-56(46-21-8-2-9-22-46)64-63(65-57)53-30-18-29-52(41-53)45-35-39-49(40-36-45)58-54-31-16-17-32-55(54)62-59(48-23-10-3-11-24-48)60(50-25-12-4-13-26-50)66-67(62)61(58)51-27-14-5-15-28-51/h1-42H. The normalized spacial score (nSPS) is 11.3. The first-order chi connectivity index (χ1) is 33.2. The average Bonchev–Trinajstić information content (AvgIpc) is 3.83. The van der Waals surface area contributed by atoms with Gasteiger partial charge in [-0.1, -0.05) is 243 Å². The number of hydrogen-bond acceptors (Lipinski definition) is 3. The molecule has 314 valence electrons. The highest BCUT2D eigenvalue weighted by atomic mass is 15.2. The van der Waals surface area contributed by atoms with E-state index >= 15 is 0 Å². The first-order valence-electron chi connectivity index (χ1n) is 22.7. The zero-order chi connectivity index (χ0) is 44.5. The largest absolute Gasteiger partial charge is 0.231 e. The van der Waals surface area contributed by atoms with Crippen molar-refractivity contribution in [2.24, 2.45) is 0 Å². The van der Waals surface area contributed by atoms with Crippen molar-refractivity contribution in [3.63, 3.8) is 0 Å². The van der Waals surface area contributed by atoms with Gasteiger partial charge in [0, 0.05) is 44.3 Å². The molecule has 4 heteroatoms. The van der Waals surface area contributed by atoms with Crippen molar-refractivity contribution in [2.75, 3.05) is 0 Å². The minimum absolute atomic E-state index is 0.679. The van der Waals surface area contributed by atoms with Crippen LogP contribution in [0.1, 0.15) is 0 Å². The van der Waals surface area contributed by atoms with Gasteiger partial charge >= 0.3 is 0 Å². The van der Waals surface area contributed by atoms with E-state index in [0.717, 1.165) is 94.9 Å². The van der Waals surface area contributed by atoms with E-state index in [1.807, 2.05) is 12.1 Å². The van der Waals surface area contributed by atoms with Crippen LogP contribution >= 0.6 is 0 Å². The first kappa shape index (κ1) is 39.6. The lowest BCUT2D eigenvalue weighted by atomic mass is 9.90. The maximum absolute atomic E-state index is 5.55. The fraction of sp³-hybridized carbons (Fsp3) is 0. The molecule has 12 rings (SSSR count). The number of benzene rings is 9. The quantitative estimate of drug-likeness (QED) is 0.145. The lowest BCUT2D eigenvalue weighted by Crippen LogP contribution is -2.00. The molecule has 0 atom stereocenters. The Morgan fingerprint density at radius 2 is 0.672 bits per heavy atom. The molecule has 12 aromatic rings. The highest BCUT2D eigenvalue weighted by molar-refractivity contribution is 6.15. The van der Waals surface area contributed by atoms with Crippen molar-refractivity contribution in [2.45, 2.75) is 0 Å². The van der Waals surface area contributed by atoms with E-state index in [1.54, 1.807) is 0 Å². The Bertz CT molecular complexity index is 3680. The molecule has 67 heavy (non-hydrogen) atoms. The van der Waals surface area contributed by atoms with E-state index in [9.17, 15) is 0 Å². The fourth-order valence-electron chi connectivity index (χ4n) is 9.41. The smallest absolute Gasteiger partial charge is 0.160 e. The minimum Gasteiger partial charge on any atom is -0.231 e. The predicted octanol–water partition coefficient (Wildman–Crippen LogP) is 16.3. The van der Waals surface area contributed by atoms with Gasteiger partial charge in [-0.2, -0.15) is 5.10 Å². The third-order valence-corrected chi connectivity index (χ3v) is 12.7. The Balaban J connectivity index is 0.982. The maximum Gasteiger partial charge on any atom is 0.160 e. The van der Waals surface area contributed by atoms with Crippen LogP contribution in [0.25, 0.3) is 117 Å². The van der Waals surface area contributed by atoms with Crippen LogP contribution in [-0.2, 0) is 0 Å².